The molecule has 0 amide bonds. The fourth-order valence-corrected chi connectivity index (χ4v) is 1.48. The summed E-state index contributed by atoms with van der Waals surface area (Å²) in [7, 11) is 1.61. The Balaban J connectivity index is 1.92. The van der Waals surface area contributed by atoms with Gasteiger partial charge in [-0.1, -0.05) is 0 Å². The van der Waals surface area contributed by atoms with Crippen molar-refractivity contribution in [1.29, 1.82) is 0 Å². The number of methoxy groups -OCH3 is 1. The zero-order valence-corrected chi connectivity index (χ0v) is 10.1. The van der Waals surface area contributed by atoms with Crippen LogP contribution in [0.2, 0.25) is 0 Å². The quantitative estimate of drug-likeness (QED) is 0.855. The second-order valence-electron chi connectivity index (χ2n) is 3.65. The van der Waals surface area contributed by atoms with E-state index in [9.17, 15) is 0 Å². The lowest BCUT2D eigenvalue weighted by molar-refractivity contribution is 0.398. The maximum Gasteiger partial charge on any atom is 0.213 e. The number of hydrogen-bond donors (Lipinski definition) is 1. The number of hydrogen-bond acceptors (Lipinski definition) is 4. The van der Waals surface area contributed by atoms with Crippen LogP contribution in [0.1, 0.15) is 12.5 Å². The van der Waals surface area contributed by atoms with Crippen LogP contribution < -0.4 is 10.1 Å². The summed E-state index contributed by atoms with van der Waals surface area (Å²) in [6.07, 6.45) is 5.65. The van der Waals surface area contributed by atoms with Gasteiger partial charge in [-0.25, -0.2) is 4.98 Å². The Hall–Kier alpha value is -2.04. The van der Waals surface area contributed by atoms with Crippen LogP contribution in [0.5, 0.6) is 5.88 Å². The molecule has 0 radical (unpaired) electrons. The number of aromatic nitrogens is 3. The first-order valence-corrected chi connectivity index (χ1v) is 5.57. The molecule has 0 saturated carbocycles. The van der Waals surface area contributed by atoms with Crippen LogP contribution in [-0.4, -0.2) is 21.9 Å². The normalized spacial score (nSPS) is 10.2. The van der Waals surface area contributed by atoms with Crippen LogP contribution in [0, 0.1) is 0 Å². The summed E-state index contributed by atoms with van der Waals surface area (Å²) in [5.74, 6) is 0.620. The number of aryl methyl sites for hydroxylation is 1. The van der Waals surface area contributed by atoms with Gasteiger partial charge in [-0.05, 0) is 13.0 Å². The van der Waals surface area contributed by atoms with Crippen molar-refractivity contribution in [1.82, 2.24) is 14.8 Å². The van der Waals surface area contributed by atoms with E-state index in [0.717, 1.165) is 24.3 Å². The van der Waals surface area contributed by atoms with E-state index < -0.39 is 0 Å². The molecule has 0 aromatic carbocycles. The van der Waals surface area contributed by atoms with Gasteiger partial charge in [0.15, 0.2) is 0 Å². The molecule has 90 valence electrons. The van der Waals surface area contributed by atoms with Crippen molar-refractivity contribution in [2.24, 2.45) is 0 Å². The van der Waals surface area contributed by atoms with Gasteiger partial charge in [-0.2, -0.15) is 5.10 Å². The summed E-state index contributed by atoms with van der Waals surface area (Å²) in [4.78, 5) is 4.13. The van der Waals surface area contributed by atoms with E-state index in [2.05, 4.69) is 22.3 Å². The van der Waals surface area contributed by atoms with Gasteiger partial charge >= 0.3 is 0 Å². The Kier molecular flexibility index (Phi) is 3.59. The van der Waals surface area contributed by atoms with Crippen LogP contribution in [0.25, 0.3) is 0 Å². The van der Waals surface area contributed by atoms with Gasteiger partial charge in [0.25, 0.3) is 0 Å². The van der Waals surface area contributed by atoms with Gasteiger partial charge in [0, 0.05) is 30.9 Å². The molecule has 2 heterocycles. The van der Waals surface area contributed by atoms with Gasteiger partial charge in [0.1, 0.15) is 0 Å². The van der Waals surface area contributed by atoms with E-state index in [0.29, 0.717) is 5.88 Å². The molecule has 0 spiro atoms. The summed E-state index contributed by atoms with van der Waals surface area (Å²) in [5.41, 5.74) is 2.12. The third-order valence-electron chi connectivity index (χ3n) is 2.45. The summed E-state index contributed by atoms with van der Waals surface area (Å²) in [6.45, 7) is 3.70. The predicted octanol–water partition coefficient (Wildman–Crippen LogP) is 1.92. The smallest absolute Gasteiger partial charge is 0.213 e. The molecule has 2 rings (SSSR count). The van der Waals surface area contributed by atoms with Gasteiger partial charge in [0.2, 0.25) is 5.88 Å². The number of pyridine rings is 1. The van der Waals surface area contributed by atoms with E-state index in [-0.39, 0.29) is 0 Å². The zero-order chi connectivity index (χ0) is 12.1. The maximum absolute atomic E-state index is 5.00. The van der Waals surface area contributed by atoms with Crippen molar-refractivity contribution in [2.75, 3.05) is 12.4 Å². The summed E-state index contributed by atoms with van der Waals surface area (Å²) in [6, 6.07) is 3.77. The van der Waals surface area contributed by atoms with E-state index >= 15 is 0 Å². The van der Waals surface area contributed by atoms with Crippen LogP contribution in [-0.2, 0) is 13.1 Å². The minimum absolute atomic E-state index is 0.620. The summed E-state index contributed by atoms with van der Waals surface area (Å²) < 4.78 is 6.90. The van der Waals surface area contributed by atoms with E-state index in [1.165, 1.54) is 0 Å². The van der Waals surface area contributed by atoms with Gasteiger partial charge < -0.3 is 10.1 Å². The van der Waals surface area contributed by atoms with Crippen LogP contribution in [0.4, 0.5) is 5.69 Å². The molecule has 2 aromatic heterocycles. The highest BCUT2D eigenvalue weighted by Crippen LogP contribution is 2.12. The molecule has 0 bridgehead atoms. The summed E-state index contributed by atoms with van der Waals surface area (Å²) in [5, 5.41) is 7.49. The van der Waals surface area contributed by atoms with Crippen molar-refractivity contribution in [2.45, 2.75) is 20.0 Å². The molecule has 5 heteroatoms. The minimum Gasteiger partial charge on any atom is -0.481 e. The lowest BCUT2D eigenvalue weighted by atomic mass is 10.3. The van der Waals surface area contributed by atoms with Gasteiger partial charge in [0.05, 0.1) is 25.2 Å². The fraction of sp³-hybridized carbons (Fsp3) is 0.333. The van der Waals surface area contributed by atoms with Gasteiger partial charge in [-0.15, -0.1) is 0 Å². The molecule has 0 unspecified atom stereocenters. The number of anilines is 1. The molecule has 0 saturated heterocycles. The van der Waals surface area contributed by atoms with Crippen molar-refractivity contribution in [3.63, 3.8) is 0 Å². The molecule has 0 aliphatic carbocycles. The molecule has 0 atom stereocenters. The highest BCUT2D eigenvalue weighted by molar-refractivity contribution is 5.42. The highest BCUT2D eigenvalue weighted by atomic mass is 16.5. The second kappa shape index (κ2) is 5.34. The Morgan fingerprint density at radius 3 is 2.82 bits per heavy atom. The molecule has 0 aliphatic heterocycles. The van der Waals surface area contributed by atoms with E-state index in [1.807, 2.05) is 29.2 Å². The van der Waals surface area contributed by atoms with Crippen LogP contribution in [0.15, 0.2) is 30.7 Å². The molecular weight excluding hydrogens is 216 g/mol. The topological polar surface area (TPSA) is 52.0 Å². The first kappa shape index (κ1) is 11.4. The number of nitrogens with one attached hydrogen (secondary N) is 1. The Morgan fingerprint density at radius 2 is 2.24 bits per heavy atom. The second-order valence-corrected chi connectivity index (χ2v) is 3.65. The Labute approximate surface area is 100 Å². The maximum atomic E-state index is 5.00. The molecule has 2 aromatic rings. The molecule has 0 fully saturated rings. The fourth-order valence-electron chi connectivity index (χ4n) is 1.48. The highest BCUT2D eigenvalue weighted by Gasteiger charge is 1.98. The number of nitrogens with zero attached hydrogens (tertiary/aromatic N) is 3. The van der Waals surface area contributed by atoms with Crippen molar-refractivity contribution in [3.8, 4) is 5.88 Å². The van der Waals surface area contributed by atoms with Crippen LogP contribution >= 0.6 is 0 Å². The van der Waals surface area contributed by atoms with Crippen molar-refractivity contribution < 1.29 is 4.74 Å². The standard InChI is InChI=1S/C12H16N4O/c1-3-16-9-10(7-15-16)6-13-11-4-5-12(17-2)14-8-11/h4-5,7-9,13H,3,6H2,1-2H3. The van der Waals surface area contributed by atoms with Gasteiger partial charge in [-0.3, -0.25) is 4.68 Å². The van der Waals surface area contributed by atoms with E-state index in [1.54, 1.807) is 13.3 Å². The average Bonchev–Trinajstić information content (AvgIpc) is 2.85. The third-order valence-corrected chi connectivity index (χ3v) is 2.45. The van der Waals surface area contributed by atoms with E-state index in [4.69, 9.17) is 4.74 Å². The molecule has 17 heavy (non-hydrogen) atoms. The third kappa shape index (κ3) is 2.96. The van der Waals surface area contributed by atoms with Crippen molar-refractivity contribution in [3.05, 3.63) is 36.3 Å². The number of rotatable bonds is 5. The van der Waals surface area contributed by atoms with Crippen molar-refractivity contribution >= 4 is 5.69 Å². The SMILES string of the molecule is CCn1cc(CNc2ccc(OC)nc2)cn1. The lowest BCUT2D eigenvalue weighted by Gasteiger charge is -2.04. The Bertz CT molecular complexity index is 464. The Morgan fingerprint density at radius 1 is 1.35 bits per heavy atom. The summed E-state index contributed by atoms with van der Waals surface area (Å²) >= 11 is 0. The average molecular weight is 232 g/mol. The minimum atomic E-state index is 0.620. The molecule has 0 aliphatic rings. The predicted molar refractivity (Wildman–Crippen MR) is 66.0 cm³/mol. The number of ether oxygens (including phenoxy) is 1. The first-order chi connectivity index (χ1) is 8.31. The first-order valence-electron chi connectivity index (χ1n) is 5.57. The lowest BCUT2D eigenvalue weighted by Crippen LogP contribution is -1.99. The molecule has 5 nitrogen and oxygen atoms in total. The monoisotopic (exact) mass is 232 g/mol. The largest absolute Gasteiger partial charge is 0.481 e. The zero-order valence-electron chi connectivity index (χ0n) is 10.1. The molecular formula is C12H16N4O. The van der Waals surface area contributed by atoms with Crippen LogP contribution in [0.3, 0.4) is 0 Å². The molecule has 1 N–H and O–H groups in total.